The van der Waals surface area contributed by atoms with Crippen LogP contribution in [0.15, 0.2) is 30.3 Å². The number of nitrogens with one attached hydrogen (secondary N) is 1. The maximum absolute atomic E-state index is 11.8. The molecule has 126 valence electrons. The third kappa shape index (κ3) is 4.45. The van der Waals surface area contributed by atoms with Crippen molar-refractivity contribution in [3.05, 3.63) is 35.9 Å². The average Bonchev–Trinajstić information content (AvgIpc) is 2.60. The number of carbonyl (C=O) groups is 2. The molecule has 0 bridgehead atoms. The van der Waals surface area contributed by atoms with Gasteiger partial charge in [0.2, 0.25) is 0 Å². The van der Waals surface area contributed by atoms with E-state index >= 15 is 0 Å². The molecule has 0 radical (unpaired) electrons. The van der Waals surface area contributed by atoms with Crippen LogP contribution in [0.5, 0.6) is 0 Å². The van der Waals surface area contributed by atoms with Crippen molar-refractivity contribution in [3.63, 3.8) is 0 Å². The minimum absolute atomic E-state index is 0.0523. The third-order valence-electron chi connectivity index (χ3n) is 4.50. The van der Waals surface area contributed by atoms with Gasteiger partial charge in [-0.15, -0.1) is 0 Å². The van der Waals surface area contributed by atoms with Gasteiger partial charge in [0.1, 0.15) is 6.04 Å². The zero-order valence-corrected chi connectivity index (χ0v) is 13.5. The number of nitrogens with two attached hydrogens (primary N) is 1. The van der Waals surface area contributed by atoms with E-state index in [0.29, 0.717) is 6.42 Å². The number of rotatable bonds is 4. The van der Waals surface area contributed by atoms with Crippen molar-refractivity contribution >= 4 is 12.1 Å². The van der Waals surface area contributed by atoms with E-state index in [9.17, 15) is 9.59 Å². The van der Waals surface area contributed by atoms with Crippen molar-refractivity contribution in [2.24, 2.45) is 11.7 Å². The minimum Gasteiger partial charge on any atom is -0.468 e. The lowest BCUT2D eigenvalue weighted by Gasteiger charge is -2.37. The first-order valence-corrected chi connectivity index (χ1v) is 7.78. The molecule has 4 atom stereocenters. The Hall–Kier alpha value is -2.08. The molecule has 0 spiro atoms. The Morgan fingerprint density at radius 3 is 2.43 bits per heavy atom. The second kappa shape index (κ2) is 7.97. The molecule has 6 heteroatoms. The molecule has 1 aromatic rings. The highest BCUT2D eigenvalue weighted by Gasteiger charge is 2.36. The van der Waals surface area contributed by atoms with Crippen LogP contribution >= 0.6 is 0 Å². The lowest BCUT2D eigenvalue weighted by atomic mass is 9.73. The number of alkyl carbamates (subject to hydrolysis) is 1. The second-order valence-electron chi connectivity index (χ2n) is 5.96. The molecule has 4 unspecified atom stereocenters. The molecule has 2 rings (SSSR count). The molecule has 1 amide bonds. The molecular formula is C17H24N2O4. The van der Waals surface area contributed by atoms with Gasteiger partial charge in [0.05, 0.1) is 14.2 Å². The first-order valence-electron chi connectivity index (χ1n) is 7.78. The van der Waals surface area contributed by atoms with E-state index in [1.807, 2.05) is 18.2 Å². The summed E-state index contributed by atoms with van der Waals surface area (Å²) in [4.78, 5) is 23.3. The Kier molecular flexibility index (Phi) is 5.98. The van der Waals surface area contributed by atoms with Crippen LogP contribution in [0.4, 0.5) is 4.79 Å². The van der Waals surface area contributed by atoms with E-state index in [1.165, 1.54) is 19.8 Å². The average molecular weight is 320 g/mol. The van der Waals surface area contributed by atoms with Crippen LogP contribution < -0.4 is 11.1 Å². The number of hydrogen-bond donors (Lipinski definition) is 2. The molecule has 6 nitrogen and oxygen atoms in total. The lowest BCUT2D eigenvalue weighted by Crippen LogP contribution is -2.47. The van der Waals surface area contributed by atoms with E-state index in [-0.39, 0.29) is 17.9 Å². The molecular weight excluding hydrogens is 296 g/mol. The van der Waals surface area contributed by atoms with E-state index in [2.05, 4.69) is 22.2 Å². The number of methoxy groups -OCH3 is 2. The normalized spacial score (nSPS) is 25.3. The number of ether oxygens (including phenoxy) is 2. The zero-order valence-electron chi connectivity index (χ0n) is 13.5. The van der Waals surface area contributed by atoms with E-state index < -0.39 is 18.1 Å². The summed E-state index contributed by atoms with van der Waals surface area (Å²) in [6, 6.07) is 9.30. The predicted octanol–water partition coefficient (Wildman–Crippen LogP) is 1.80. The van der Waals surface area contributed by atoms with Gasteiger partial charge in [-0.1, -0.05) is 30.3 Å². The van der Waals surface area contributed by atoms with Crippen molar-refractivity contribution in [2.45, 2.75) is 37.3 Å². The number of carbonyl (C=O) groups excluding carboxylic acids is 2. The highest BCUT2D eigenvalue weighted by molar-refractivity contribution is 5.75. The van der Waals surface area contributed by atoms with Gasteiger partial charge < -0.3 is 20.5 Å². The number of amides is 1. The van der Waals surface area contributed by atoms with Gasteiger partial charge >= 0.3 is 12.1 Å². The lowest BCUT2D eigenvalue weighted by molar-refractivity contribution is -0.143. The second-order valence-corrected chi connectivity index (χ2v) is 5.96. The summed E-state index contributed by atoms with van der Waals surface area (Å²) in [7, 11) is 2.67. The van der Waals surface area contributed by atoms with Crippen LogP contribution in [0.2, 0.25) is 0 Å². The minimum atomic E-state index is -0.687. The number of esters is 1. The van der Waals surface area contributed by atoms with E-state index in [0.717, 1.165) is 12.8 Å². The highest BCUT2D eigenvalue weighted by Crippen LogP contribution is 2.37. The van der Waals surface area contributed by atoms with Gasteiger partial charge in [-0.25, -0.2) is 4.79 Å². The fourth-order valence-electron chi connectivity index (χ4n) is 3.33. The fraction of sp³-hybridized carbons (Fsp3) is 0.529. The Labute approximate surface area is 136 Å². The molecule has 1 aliphatic rings. The van der Waals surface area contributed by atoms with Gasteiger partial charge in [0.15, 0.2) is 0 Å². The zero-order chi connectivity index (χ0) is 16.8. The highest BCUT2D eigenvalue weighted by atomic mass is 16.5. The quantitative estimate of drug-likeness (QED) is 0.826. The monoisotopic (exact) mass is 320 g/mol. The van der Waals surface area contributed by atoms with E-state index in [4.69, 9.17) is 10.5 Å². The molecule has 0 heterocycles. The molecule has 1 aliphatic carbocycles. The Morgan fingerprint density at radius 1 is 1.13 bits per heavy atom. The maximum Gasteiger partial charge on any atom is 0.407 e. The molecule has 1 aromatic carbocycles. The summed E-state index contributed by atoms with van der Waals surface area (Å²) in [5.41, 5.74) is 7.24. The molecule has 1 fully saturated rings. The SMILES string of the molecule is COC(=O)NC1CC(c2ccccc2)CC(C(N)C(=O)OC)C1. The molecule has 0 saturated heterocycles. The summed E-state index contributed by atoms with van der Waals surface area (Å²) >= 11 is 0. The summed E-state index contributed by atoms with van der Waals surface area (Å²) in [6.07, 6.45) is 1.76. The topological polar surface area (TPSA) is 90.6 Å². The Morgan fingerprint density at radius 2 is 1.83 bits per heavy atom. The maximum atomic E-state index is 11.8. The summed E-state index contributed by atoms with van der Waals surface area (Å²) < 4.78 is 9.45. The van der Waals surface area contributed by atoms with Crippen LogP contribution in [0.3, 0.4) is 0 Å². The van der Waals surface area contributed by atoms with Crippen LogP contribution in [-0.4, -0.2) is 38.4 Å². The predicted molar refractivity (Wildman–Crippen MR) is 85.8 cm³/mol. The Balaban J connectivity index is 2.16. The smallest absolute Gasteiger partial charge is 0.407 e. The van der Waals surface area contributed by atoms with Gasteiger partial charge in [-0.3, -0.25) is 4.79 Å². The van der Waals surface area contributed by atoms with Crippen LogP contribution in [-0.2, 0) is 14.3 Å². The van der Waals surface area contributed by atoms with Gasteiger partial charge in [-0.2, -0.15) is 0 Å². The molecule has 1 saturated carbocycles. The van der Waals surface area contributed by atoms with Crippen molar-refractivity contribution < 1.29 is 19.1 Å². The standard InChI is InChI=1S/C17H24N2O4/c1-22-16(20)15(18)13-8-12(11-6-4-3-5-7-11)9-14(10-13)19-17(21)23-2/h3-7,12-15H,8-10,18H2,1-2H3,(H,19,21). The van der Waals surface area contributed by atoms with Gasteiger partial charge in [-0.05, 0) is 36.7 Å². The third-order valence-corrected chi connectivity index (χ3v) is 4.50. The van der Waals surface area contributed by atoms with Crippen LogP contribution in [0.25, 0.3) is 0 Å². The molecule has 0 aliphatic heterocycles. The van der Waals surface area contributed by atoms with E-state index in [1.54, 1.807) is 0 Å². The summed E-state index contributed by atoms with van der Waals surface area (Å²) in [5.74, 6) is -0.239. The number of benzene rings is 1. The molecule has 3 N–H and O–H groups in total. The largest absolute Gasteiger partial charge is 0.468 e. The Bertz CT molecular complexity index is 535. The molecule has 23 heavy (non-hydrogen) atoms. The summed E-state index contributed by atoms with van der Waals surface area (Å²) in [6.45, 7) is 0. The van der Waals surface area contributed by atoms with Crippen molar-refractivity contribution in [3.8, 4) is 0 Å². The van der Waals surface area contributed by atoms with Crippen molar-refractivity contribution in [1.29, 1.82) is 0 Å². The first-order chi connectivity index (χ1) is 11.0. The molecule has 0 aromatic heterocycles. The van der Waals surface area contributed by atoms with Crippen molar-refractivity contribution in [1.82, 2.24) is 5.32 Å². The number of hydrogen-bond acceptors (Lipinski definition) is 5. The fourth-order valence-corrected chi connectivity index (χ4v) is 3.33. The van der Waals surface area contributed by atoms with Crippen molar-refractivity contribution in [2.75, 3.05) is 14.2 Å². The van der Waals surface area contributed by atoms with Gasteiger partial charge in [0.25, 0.3) is 0 Å². The first kappa shape index (κ1) is 17.3. The van der Waals surface area contributed by atoms with Crippen LogP contribution in [0.1, 0.15) is 30.7 Å². The van der Waals surface area contributed by atoms with Crippen LogP contribution in [0, 0.1) is 5.92 Å². The van der Waals surface area contributed by atoms with Gasteiger partial charge in [0, 0.05) is 6.04 Å². The summed E-state index contributed by atoms with van der Waals surface area (Å²) in [5, 5.41) is 2.84.